The van der Waals surface area contributed by atoms with E-state index in [9.17, 15) is 4.79 Å². The summed E-state index contributed by atoms with van der Waals surface area (Å²) in [5, 5.41) is 11.5. The first-order chi connectivity index (χ1) is 16.1. The maximum Gasteiger partial charge on any atom is 0.239 e. The number of methoxy groups -OCH3 is 1. The molecule has 33 heavy (non-hydrogen) atoms. The van der Waals surface area contributed by atoms with Gasteiger partial charge in [-0.3, -0.25) is 4.79 Å². The van der Waals surface area contributed by atoms with Crippen LogP contribution in [-0.4, -0.2) is 36.3 Å². The number of amides is 1. The van der Waals surface area contributed by atoms with E-state index in [0.29, 0.717) is 29.7 Å². The molecule has 0 aliphatic carbocycles. The molecule has 0 radical (unpaired) electrons. The fourth-order valence-corrected chi connectivity index (χ4v) is 4.35. The van der Waals surface area contributed by atoms with Crippen molar-refractivity contribution in [3.05, 3.63) is 59.2 Å². The van der Waals surface area contributed by atoms with E-state index in [-0.39, 0.29) is 11.2 Å². The third-order valence-electron chi connectivity index (χ3n) is 5.34. The van der Waals surface area contributed by atoms with Gasteiger partial charge < -0.3 is 14.8 Å². The minimum absolute atomic E-state index is 0.0285. The Morgan fingerprint density at radius 1 is 1.03 bits per heavy atom. The standard InChI is InChI=1S/C26H33N3O3S/c1-4-6-8-19-9-11-20(12-10-19)17-24-25(30)28-26(33-24)29-27-18-21-13-14-22(23(16-21)31-3)32-15-7-5-2/h9-14,16,18,24H,4-8,15,17H2,1-3H3,(H,28,29,30)/b27-18+. The average molecular weight is 468 g/mol. The van der Waals surface area contributed by atoms with Gasteiger partial charge in [-0.25, -0.2) is 0 Å². The number of hydrogen-bond acceptors (Lipinski definition) is 6. The van der Waals surface area contributed by atoms with Crippen LogP contribution in [0, 0.1) is 0 Å². The molecule has 1 aliphatic rings. The molecule has 1 atom stereocenters. The normalized spacial score (nSPS) is 17.0. The predicted octanol–water partition coefficient (Wildman–Crippen LogP) is 5.38. The van der Waals surface area contributed by atoms with Crippen LogP contribution in [0.2, 0.25) is 0 Å². The molecule has 1 unspecified atom stereocenters. The number of nitrogens with one attached hydrogen (secondary N) is 1. The molecule has 0 saturated carbocycles. The highest BCUT2D eigenvalue weighted by atomic mass is 32.2. The number of benzene rings is 2. The van der Waals surface area contributed by atoms with Crippen LogP contribution in [0.4, 0.5) is 0 Å². The molecule has 0 spiro atoms. The van der Waals surface area contributed by atoms with E-state index >= 15 is 0 Å². The Hall–Kier alpha value is -2.80. The lowest BCUT2D eigenvalue weighted by Crippen LogP contribution is -2.25. The number of hydrogen-bond donors (Lipinski definition) is 1. The third-order valence-corrected chi connectivity index (χ3v) is 6.41. The van der Waals surface area contributed by atoms with Crippen LogP contribution < -0.4 is 14.8 Å². The minimum atomic E-state index is -0.194. The van der Waals surface area contributed by atoms with Crippen LogP contribution in [0.25, 0.3) is 0 Å². The molecule has 176 valence electrons. The number of ether oxygens (including phenoxy) is 2. The maximum absolute atomic E-state index is 12.4. The van der Waals surface area contributed by atoms with Crippen molar-refractivity contribution in [2.75, 3.05) is 13.7 Å². The number of aryl methyl sites for hydroxylation is 1. The van der Waals surface area contributed by atoms with Crippen molar-refractivity contribution in [2.45, 2.75) is 57.6 Å². The van der Waals surface area contributed by atoms with E-state index in [1.54, 1.807) is 13.3 Å². The average Bonchev–Trinajstić information content (AvgIpc) is 3.18. The Kier molecular flexibility index (Phi) is 9.81. The van der Waals surface area contributed by atoms with Crippen LogP contribution in [0.5, 0.6) is 11.5 Å². The van der Waals surface area contributed by atoms with Gasteiger partial charge in [0.2, 0.25) is 5.91 Å². The number of unbranched alkanes of at least 4 members (excludes halogenated alkanes) is 2. The number of thioether (sulfide) groups is 1. The van der Waals surface area contributed by atoms with Crippen molar-refractivity contribution >= 4 is 29.1 Å². The molecule has 1 fully saturated rings. The topological polar surface area (TPSA) is 72.3 Å². The molecule has 3 rings (SSSR count). The van der Waals surface area contributed by atoms with Gasteiger partial charge in [0.05, 0.1) is 25.2 Å². The second kappa shape index (κ2) is 13.0. The highest BCUT2D eigenvalue weighted by molar-refractivity contribution is 8.15. The van der Waals surface area contributed by atoms with Crippen LogP contribution in [0.15, 0.2) is 52.7 Å². The first kappa shape index (κ1) is 24.8. The lowest BCUT2D eigenvalue weighted by molar-refractivity contribution is -0.118. The zero-order valence-electron chi connectivity index (χ0n) is 19.7. The maximum atomic E-state index is 12.4. The molecule has 1 amide bonds. The summed E-state index contributed by atoms with van der Waals surface area (Å²) in [5.74, 6) is 1.35. The van der Waals surface area contributed by atoms with Gasteiger partial charge in [-0.15, -0.1) is 5.10 Å². The second-order valence-corrected chi connectivity index (χ2v) is 9.17. The summed E-state index contributed by atoms with van der Waals surface area (Å²) in [4.78, 5) is 12.4. The molecule has 1 aliphatic heterocycles. The summed E-state index contributed by atoms with van der Waals surface area (Å²) in [6, 6.07) is 14.2. The van der Waals surface area contributed by atoms with Gasteiger partial charge in [-0.1, -0.05) is 62.7 Å². The molecule has 0 bridgehead atoms. The number of amidine groups is 1. The first-order valence-corrected chi connectivity index (χ1v) is 12.5. The minimum Gasteiger partial charge on any atom is -0.493 e. The molecule has 1 saturated heterocycles. The summed E-state index contributed by atoms with van der Waals surface area (Å²) in [6.07, 6.45) is 7.88. The lowest BCUT2D eigenvalue weighted by atomic mass is 10.0. The number of carbonyl (C=O) groups is 1. The highest BCUT2D eigenvalue weighted by Crippen LogP contribution is 2.28. The molecule has 1 N–H and O–H groups in total. The van der Waals surface area contributed by atoms with Crippen molar-refractivity contribution in [1.82, 2.24) is 5.32 Å². The molecule has 0 aromatic heterocycles. The smallest absolute Gasteiger partial charge is 0.239 e. The van der Waals surface area contributed by atoms with E-state index in [2.05, 4.69) is 53.6 Å². The Morgan fingerprint density at radius 2 is 1.79 bits per heavy atom. The van der Waals surface area contributed by atoms with E-state index in [0.717, 1.165) is 30.4 Å². The highest BCUT2D eigenvalue weighted by Gasteiger charge is 2.30. The lowest BCUT2D eigenvalue weighted by Gasteiger charge is -2.10. The SMILES string of the molecule is CCCCOc1ccc(/C=N/N=C2\NC(=O)C(Cc3ccc(CCCC)cc3)S2)cc1OC. The zero-order chi connectivity index (χ0) is 23.5. The van der Waals surface area contributed by atoms with Crippen molar-refractivity contribution in [2.24, 2.45) is 10.2 Å². The van der Waals surface area contributed by atoms with Gasteiger partial charge >= 0.3 is 0 Å². The van der Waals surface area contributed by atoms with Crippen LogP contribution in [-0.2, 0) is 17.6 Å². The van der Waals surface area contributed by atoms with Gasteiger partial charge in [0.15, 0.2) is 16.7 Å². The second-order valence-electron chi connectivity index (χ2n) is 7.98. The molecule has 2 aromatic rings. The van der Waals surface area contributed by atoms with Crippen molar-refractivity contribution in [1.29, 1.82) is 0 Å². The Bertz CT molecular complexity index is 973. The quantitative estimate of drug-likeness (QED) is 0.258. The van der Waals surface area contributed by atoms with Gasteiger partial charge in [-0.05, 0) is 60.6 Å². The van der Waals surface area contributed by atoms with Gasteiger partial charge in [0.25, 0.3) is 0 Å². The van der Waals surface area contributed by atoms with Crippen LogP contribution in [0.3, 0.4) is 0 Å². The molecule has 1 heterocycles. The molecule has 2 aromatic carbocycles. The van der Waals surface area contributed by atoms with E-state index in [4.69, 9.17) is 9.47 Å². The molecular weight excluding hydrogens is 434 g/mol. The van der Waals surface area contributed by atoms with Gasteiger partial charge in [0, 0.05) is 0 Å². The van der Waals surface area contributed by atoms with Crippen LogP contribution in [0.1, 0.15) is 56.2 Å². The summed E-state index contributed by atoms with van der Waals surface area (Å²) < 4.78 is 11.2. The first-order valence-electron chi connectivity index (χ1n) is 11.6. The molecular formula is C26H33N3O3S. The van der Waals surface area contributed by atoms with Crippen molar-refractivity contribution in [3.63, 3.8) is 0 Å². The molecule has 7 heteroatoms. The van der Waals surface area contributed by atoms with Crippen molar-refractivity contribution < 1.29 is 14.3 Å². The fraction of sp³-hybridized carbons (Fsp3) is 0.423. The van der Waals surface area contributed by atoms with Gasteiger partial charge in [-0.2, -0.15) is 5.10 Å². The van der Waals surface area contributed by atoms with E-state index in [1.165, 1.54) is 30.2 Å². The zero-order valence-corrected chi connectivity index (χ0v) is 20.5. The van der Waals surface area contributed by atoms with Crippen molar-refractivity contribution in [3.8, 4) is 11.5 Å². The summed E-state index contributed by atoms with van der Waals surface area (Å²) in [6.45, 7) is 4.99. The largest absolute Gasteiger partial charge is 0.493 e. The summed E-state index contributed by atoms with van der Waals surface area (Å²) in [7, 11) is 1.62. The Balaban J connectivity index is 1.56. The monoisotopic (exact) mass is 467 g/mol. The summed E-state index contributed by atoms with van der Waals surface area (Å²) >= 11 is 1.42. The van der Waals surface area contributed by atoms with E-state index < -0.39 is 0 Å². The van der Waals surface area contributed by atoms with E-state index in [1.807, 2.05) is 18.2 Å². The number of nitrogens with zero attached hydrogens (tertiary/aromatic N) is 2. The number of rotatable bonds is 12. The van der Waals surface area contributed by atoms with Gasteiger partial charge in [0.1, 0.15) is 0 Å². The fourth-order valence-electron chi connectivity index (χ4n) is 3.38. The number of carbonyl (C=O) groups excluding carboxylic acids is 1. The molecule has 6 nitrogen and oxygen atoms in total. The van der Waals surface area contributed by atoms with Crippen LogP contribution >= 0.6 is 11.8 Å². The Morgan fingerprint density at radius 3 is 2.52 bits per heavy atom. The third kappa shape index (κ3) is 7.63. The Labute approximate surface area is 200 Å². The predicted molar refractivity (Wildman–Crippen MR) is 137 cm³/mol. The summed E-state index contributed by atoms with van der Waals surface area (Å²) in [5.41, 5.74) is 3.34.